The summed E-state index contributed by atoms with van der Waals surface area (Å²) in [5, 5.41) is 1.00. The summed E-state index contributed by atoms with van der Waals surface area (Å²) in [5.41, 5.74) is 1.74. The molecule has 0 atom stereocenters. The van der Waals surface area contributed by atoms with Crippen molar-refractivity contribution in [3.05, 3.63) is 22.4 Å². The Morgan fingerprint density at radius 3 is 3.14 bits per heavy atom. The molecule has 4 heteroatoms. The number of fused-ring (bicyclic) bond motifs is 1. The van der Waals surface area contributed by atoms with Crippen molar-refractivity contribution in [1.82, 2.24) is 4.90 Å². The molecule has 0 radical (unpaired) electrons. The Bertz CT molecular complexity index is 368. The van der Waals surface area contributed by atoms with E-state index >= 15 is 0 Å². The highest BCUT2D eigenvalue weighted by molar-refractivity contribution is 8.17. The first kappa shape index (κ1) is 9.52. The van der Waals surface area contributed by atoms with E-state index in [1.807, 2.05) is 18.0 Å². The molecular formula is C10H12N2OS. The predicted molar refractivity (Wildman–Crippen MR) is 58.9 cm³/mol. The molecule has 0 amide bonds. The van der Waals surface area contributed by atoms with Gasteiger partial charge in [-0.15, -0.1) is 0 Å². The van der Waals surface area contributed by atoms with Crippen molar-refractivity contribution < 1.29 is 4.79 Å². The largest absolute Gasteiger partial charge is 0.322 e. The van der Waals surface area contributed by atoms with Gasteiger partial charge in [0.25, 0.3) is 0 Å². The maximum absolute atomic E-state index is 10.8. The number of rotatable bonds is 2. The molecule has 0 bridgehead atoms. The Labute approximate surface area is 87.6 Å². The summed E-state index contributed by atoms with van der Waals surface area (Å²) in [6.45, 7) is 4.76. The van der Waals surface area contributed by atoms with Crippen molar-refractivity contribution in [2.75, 3.05) is 6.54 Å². The third kappa shape index (κ3) is 1.50. The third-order valence-electron chi connectivity index (χ3n) is 2.25. The zero-order chi connectivity index (χ0) is 10.1. The van der Waals surface area contributed by atoms with Gasteiger partial charge in [0, 0.05) is 16.7 Å². The van der Waals surface area contributed by atoms with Crippen LogP contribution in [0.2, 0.25) is 0 Å². The summed E-state index contributed by atoms with van der Waals surface area (Å²) in [7, 11) is 0. The Kier molecular flexibility index (Phi) is 2.46. The number of nitrogens with zero attached hydrogens (tertiary/aromatic N) is 2. The molecule has 0 aromatic heterocycles. The minimum Gasteiger partial charge on any atom is -0.322 e. The molecule has 0 N–H and O–H groups in total. The molecule has 3 nitrogen and oxygen atoms in total. The number of carbonyl (C=O) groups is 1. The van der Waals surface area contributed by atoms with Crippen LogP contribution in [0.3, 0.4) is 0 Å². The summed E-state index contributed by atoms with van der Waals surface area (Å²) in [4.78, 5) is 18.5. The van der Waals surface area contributed by atoms with Crippen LogP contribution < -0.4 is 0 Å². The first-order valence-corrected chi connectivity index (χ1v) is 5.45. The smallest absolute Gasteiger partial charge is 0.173 e. The molecule has 0 aromatic carbocycles. The van der Waals surface area contributed by atoms with Crippen LogP contribution >= 0.6 is 11.8 Å². The standard InChI is InChI=1S/C10H12N2OS/c1-3-9-8(6-13)5-12-4-7(2)14-10(12)11-9/h4,6H,3,5H2,1-2H3. The van der Waals surface area contributed by atoms with Crippen molar-refractivity contribution in [1.29, 1.82) is 0 Å². The lowest BCUT2D eigenvalue weighted by atomic mass is 10.1. The van der Waals surface area contributed by atoms with Gasteiger partial charge in [-0.3, -0.25) is 4.79 Å². The average Bonchev–Trinajstić information content (AvgIpc) is 2.54. The summed E-state index contributed by atoms with van der Waals surface area (Å²) < 4.78 is 0. The number of allylic oxidation sites excluding steroid dienone is 2. The molecule has 0 unspecified atom stereocenters. The normalized spacial score (nSPS) is 20.6. The first-order valence-electron chi connectivity index (χ1n) is 4.63. The van der Waals surface area contributed by atoms with E-state index in [1.165, 1.54) is 4.91 Å². The summed E-state index contributed by atoms with van der Waals surface area (Å²) in [6.07, 6.45) is 3.79. The van der Waals surface area contributed by atoms with Crippen LogP contribution in [-0.4, -0.2) is 22.9 Å². The van der Waals surface area contributed by atoms with Gasteiger partial charge in [-0.25, -0.2) is 4.99 Å². The Balaban J connectivity index is 2.33. The second kappa shape index (κ2) is 3.61. The molecule has 2 heterocycles. The van der Waals surface area contributed by atoms with Gasteiger partial charge in [0.05, 0.1) is 12.2 Å². The predicted octanol–water partition coefficient (Wildman–Crippen LogP) is 2.13. The van der Waals surface area contributed by atoms with Crippen LogP contribution in [0.15, 0.2) is 27.4 Å². The van der Waals surface area contributed by atoms with E-state index in [0.29, 0.717) is 6.54 Å². The lowest BCUT2D eigenvalue weighted by Gasteiger charge is -2.22. The van der Waals surface area contributed by atoms with E-state index in [1.54, 1.807) is 11.8 Å². The zero-order valence-electron chi connectivity index (χ0n) is 8.28. The summed E-state index contributed by atoms with van der Waals surface area (Å²) >= 11 is 1.67. The number of aliphatic imine (C=N–C) groups is 1. The minimum absolute atomic E-state index is 0.676. The molecule has 0 aromatic rings. The lowest BCUT2D eigenvalue weighted by molar-refractivity contribution is -0.105. The fraction of sp³-hybridized carbons (Fsp3) is 0.400. The van der Waals surface area contributed by atoms with E-state index < -0.39 is 0 Å². The Morgan fingerprint density at radius 2 is 2.50 bits per heavy atom. The SMILES string of the molecule is CCC1=C(C=O)CN2C=C(C)SC2=N1. The first-order chi connectivity index (χ1) is 6.74. The molecule has 2 aliphatic heterocycles. The fourth-order valence-electron chi connectivity index (χ4n) is 1.58. The Morgan fingerprint density at radius 1 is 1.71 bits per heavy atom. The van der Waals surface area contributed by atoms with Gasteiger partial charge in [-0.1, -0.05) is 18.7 Å². The van der Waals surface area contributed by atoms with Crippen molar-refractivity contribution in [2.24, 2.45) is 4.99 Å². The van der Waals surface area contributed by atoms with Crippen LogP contribution in [0.1, 0.15) is 20.3 Å². The molecule has 2 aliphatic rings. The number of thioether (sulfide) groups is 1. The number of amidine groups is 1. The van der Waals surface area contributed by atoms with E-state index in [9.17, 15) is 4.79 Å². The molecule has 14 heavy (non-hydrogen) atoms. The van der Waals surface area contributed by atoms with Gasteiger partial charge in [0.15, 0.2) is 5.17 Å². The second-order valence-corrected chi connectivity index (χ2v) is 4.52. The maximum Gasteiger partial charge on any atom is 0.173 e. The van der Waals surface area contributed by atoms with Gasteiger partial charge < -0.3 is 4.90 Å². The van der Waals surface area contributed by atoms with Gasteiger partial charge in [-0.2, -0.15) is 0 Å². The average molecular weight is 208 g/mol. The monoisotopic (exact) mass is 208 g/mol. The highest BCUT2D eigenvalue weighted by atomic mass is 32.2. The number of hydrogen-bond acceptors (Lipinski definition) is 4. The molecule has 0 spiro atoms. The highest BCUT2D eigenvalue weighted by Gasteiger charge is 2.24. The molecule has 0 saturated heterocycles. The van der Waals surface area contributed by atoms with E-state index in [0.717, 1.165) is 29.1 Å². The molecular weight excluding hydrogens is 196 g/mol. The fourth-order valence-corrected chi connectivity index (χ4v) is 2.44. The quantitative estimate of drug-likeness (QED) is 0.652. The van der Waals surface area contributed by atoms with Crippen LogP contribution in [0.25, 0.3) is 0 Å². The van der Waals surface area contributed by atoms with E-state index in [2.05, 4.69) is 11.9 Å². The van der Waals surface area contributed by atoms with Crippen LogP contribution in [0, 0.1) is 0 Å². The maximum atomic E-state index is 10.8. The minimum atomic E-state index is 0.676. The number of hydrogen-bond donors (Lipinski definition) is 0. The van der Waals surface area contributed by atoms with Crippen molar-refractivity contribution in [3.8, 4) is 0 Å². The van der Waals surface area contributed by atoms with Crippen molar-refractivity contribution >= 4 is 23.2 Å². The van der Waals surface area contributed by atoms with E-state index in [4.69, 9.17) is 0 Å². The van der Waals surface area contributed by atoms with Gasteiger partial charge in [-0.05, 0) is 13.3 Å². The topological polar surface area (TPSA) is 32.7 Å². The molecule has 2 rings (SSSR count). The zero-order valence-corrected chi connectivity index (χ0v) is 9.10. The van der Waals surface area contributed by atoms with Crippen LogP contribution in [0.5, 0.6) is 0 Å². The molecule has 0 fully saturated rings. The molecule has 74 valence electrons. The van der Waals surface area contributed by atoms with Crippen LogP contribution in [-0.2, 0) is 4.79 Å². The van der Waals surface area contributed by atoms with Crippen molar-refractivity contribution in [3.63, 3.8) is 0 Å². The van der Waals surface area contributed by atoms with Gasteiger partial charge >= 0.3 is 0 Å². The van der Waals surface area contributed by atoms with Gasteiger partial charge in [0.2, 0.25) is 0 Å². The van der Waals surface area contributed by atoms with E-state index in [-0.39, 0.29) is 0 Å². The van der Waals surface area contributed by atoms with Crippen LogP contribution in [0.4, 0.5) is 0 Å². The second-order valence-electron chi connectivity index (χ2n) is 3.31. The molecule has 0 aliphatic carbocycles. The third-order valence-corrected chi connectivity index (χ3v) is 3.19. The van der Waals surface area contributed by atoms with Crippen molar-refractivity contribution in [2.45, 2.75) is 20.3 Å². The van der Waals surface area contributed by atoms with Gasteiger partial charge in [0.1, 0.15) is 6.29 Å². The summed E-state index contributed by atoms with van der Waals surface area (Å²) in [6, 6.07) is 0. The number of carbonyl (C=O) groups excluding carboxylic acids is 1. The summed E-state index contributed by atoms with van der Waals surface area (Å²) in [5.74, 6) is 0. The molecule has 0 saturated carbocycles. The Hall–Kier alpha value is -1.03. The lowest BCUT2D eigenvalue weighted by Crippen LogP contribution is -2.27. The number of aldehydes is 1. The highest BCUT2D eigenvalue weighted by Crippen LogP contribution is 2.32.